The highest BCUT2D eigenvalue weighted by Crippen LogP contribution is 2.41. The third-order valence-corrected chi connectivity index (χ3v) is 4.14. The van der Waals surface area contributed by atoms with E-state index >= 15 is 0 Å². The number of rotatable bonds is 5. The van der Waals surface area contributed by atoms with Gasteiger partial charge in [0.15, 0.2) is 11.5 Å². The first-order chi connectivity index (χ1) is 8.87. The Kier molecular flexibility index (Phi) is 4.23. The van der Waals surface area contributed by atoms with E-state index in [2.05, 4.69) is 0 Å². The van der Waals surface area contributed by atoms with Crippen LogP contribution in [0.15, 0.2) is 12.1 Å². The van der Waals surface area contributed by atoms with Crippen molar-refractivity contribution in [3.8, 4) is 11.5 Å². The van der Waals surface area contributed by atoms with E-state index < -0.39 is 15.9 Å². The molecule has 0 spiro atoms. The van der Waals surface area contributed by atoms with Gasteiger partial charge in [0, 0.05) is 12.0 Å². The van der Waals surface area contributed by atoms with Gasteiger partial charge >= 0.3 is 0 Å². The maximum atomic E-state index is 11.0. The molecule has 1 aliphatic heterocycles. The molecule has 0 aromatic heterocycles. The number of aliphatic hydroxyl groups is 1. The predicted molar refractivity (Wildman–Crippen MR) is 71.5 cm³/mol. The van der Waals surface area contributed by atoms with Crippen LogP contribution in [0.4, 0.5) is 0 Å². The highest BCUT2D eigenvalue weighted by Gasteiger charge is 2.20. The topological polar surface area (TPSA) is 72.8 Å². The zero-order valence-electron chi connectivity index (χ0n) is 10.4. The minimum Gasteiger partial charge on any atom is -0.454 e. The molecule has 0 amide bonds. The Balaban J connectivity index is 2.04. The number of hydrogen-bond donors (Lipinski definition) is 1. The Hall–Kier alpha value is -0.980. The maximum Gasteiger partial charge on any atom is 0.231 e. The second-order valence-corrected chi connectivity index (χ2v) is 7.19. The number of benzene rings is 1. The quantitative estimate of drug-likeness (QED) is 0.900. The largest absolute Gasteiger partial charge is 0.454 e. The maximum absolute atomic E-state index is 11.0. The van der Waals surface area contributed by atoms with Crippen LogP contribution in [-0.4, -0.2) is 32.3 Å². The first-order valence-corrected chi connectivity index (χ1v) is 8.25. The third kappa shape index (κ3) is 3.75. The first kappa shape index (κ1) is 14.4. The van der Waals surface area contributed by atoms with Crippen LogP contribution in [0.2, 0.25) is 5.02 Å². The highest BCUT2D eigenvalue weighted by atomic mass is 35.5. The van der Waals surface area contributed by atoms with Crippen molar-refractivity contribution in [3.63, 3.8) is 0 Å². The summed E-state index contributed by atoms with van der Waals surface area (Å²) >= 11 is 6.01. The van der Waals surface area contributed by atoms with E-state index in [0.29, 0.717) is 34.9 Å². The van der Waals surface area contributed by atoms with Crippen molar-refractivity contribution in [3.05, 3.63) is 22.7 Å². The number of aliphatic hydroxyl groups excluding tert-OH is 1. The molecule has 0 bridgehead atoms. The van der Waals surface area contributed by atoms with Gasteiger partial charge in [-0.15, -0.1) is 0 Å². The summed E-state index contributed by atoms with van der Waals surface area (Å²) in [6.07, 6.45) is 1.15. The molecule has 106 valence electrons. The van der Waals surface area contributed by atoms with Crippen LogP contribution in [0.25, 0.3) is 0 Å². The van der Waals surface area contributed by atoms with Crippen LogP contribution >= 0.6 is 11.6 Å². The van der Waals surface area contributed by atoms with Gasteiger partial charge in [0.2, 0.25) is 6.79 Å². The van der Waals surface area contributed by atoms with Crippen LogP contribution in [0, 0.1) is 0 Å². The number of hydrogen-bond acceptors (Lipinski definition) is 5. The van der Waals surface area contributed by atoms with Gasteiger partial charge in [-0.25, -0.2) is 8.42 Å². The summed E-state index contributed by atoms with van der Waals surface area (Å²) in [5, 5.41) is 10.4. The standard InChI is InChI=1S/C12H15ClO5S/c1-19(15,16)4-2-3-10(14)8-5-9(13)12-11(6-8)17-7-18-12/h5-6,10,14H,2-4,7H2,1H3. The molecule has 1 atom stereocenters. The highest BCUT2D eigenvalue weighted by molar-refractivity contribution is 7.90. The van der Waals surface area contributed by atoms with E-state index in [4.69, 9.17) is 21.1 Å². The molecule has 1 unspecified atom stereocenters. The van der Waals surface area contributed by atoms with Crippen LogP contribution in [0.3, 0.4) is 0 Å². The Morgan fingerprint density at radius 1 is 1.42 bits per heavy atom. The van der Waals surface area contributed by atoms with Gasteiger partial charge in [0.25, 0.3) is 0 Å². The minimum atomic E-state index is -3.00. The zero-order valence-corrected chi connectivity index (χ0v) is 12.0. The summed E-state index contributed by atoms with van der Waals surface area (Å²) < 4.78 is 32.4. The Morgan fingerprint density at radius 2 is 2.16 bits per heavy atom. The molecule has 19 heavy (non-hydrogen) atoms. The molecule has 1 heterocycles. The predicted octanol–water partition coefficient (Wildman–Crippen LogP) is 1.93. The fraction of sp³-hybridized carbons (Fsp3) is 0.500. The molecule has 0 radical (unpaired) electrons. The molecule has 1 aromatic rings. The van der Waals surface area contributed by atoms with Crippen molar-refractivity contribution < 1.29 is 23.0 Å². The second-order valence-electron chi connectivity index (χ2n) is 4.52. The van der Waals surface area contributed by atoms with Gasteiger partial charge in [-0.2, -0.15) is 0 Å². The molecule has 1 N–H and O–H groups in total. The lowest BCUT2D eigenvalue weighted by atomic mass is 10.0. The summed E-state index contributed by atoms with van der Waals surface area (Å²) in [4.78, 5) is 0. The van der Waals surface area contributed by atoms with E-state index in [9.17, 15) is 13.5 Å². The van der Waals surface area contributed by atoms with Crippen molar-refractivity contribution >= 4 is 21.4 Å². The van der Waals surface area contributed by atoms with Gasteiger partial charge in [0.1, 0.15) is 9.84 Å². The van der Waals surface area contributed by atoms with E-state index in [1.54, 1.807) is 12.1 Å². The third-order valence-electron chi connectivity index (χ3n) is 2.83. The number of ether oxygens (including phenoxy) is 2. The fourth-order valence-corrected chi connectivity index (χ4v) is 2.85. The Labute approximate surface area is 117 Å². The summed E-state index contributed by atoms with van der Waals surface area (Å²) in [5.41, 5.74) is 0.600. The number of halogens is 1. The molecule has 2 rings (SSSR count). The lowest BCUT2D eigenvalue weighted by molar-refractivity contribution is 0.165. The van der Waals surface area contributed by atoms with Crippen LogP contribution in [0.1, 0.15) is 24.5 Å². The van der Waals surface area contributed by atoms with E-state index in [1.165, 1.54) is 6.26 Å². The molecule has 0 saturated carbocycles. The zero-order chi connectivity index (χ0) is 14.0. The van der Waals surface area contributed by atoms with Crippen LogP contribution in [-0.2, 0) is 9.84 Å². The first-order valence-electron chi connectivity index (χ1n) is 5.81. The average molecular weight is 307 g/mol. The summed E-state index contributed by atoms with van der Waals surface area (Å²) in [6, 6.07) is 3.28. The van der Waals surface area contributed by atoms with Crippen molar-refractivity contribution in [2.75, 3.05) is 18.8 Å². The van der Waals surface area contributed by atoms with Crippen molar-refractivity contribution in [2.24, 2.45) is 0 Å². The van der Waals surface area contributed by atoms with Gasteiger partial charge in [-0.1, -0.05) is 11.6 Å². The summed E-state index contributed by atoms with van der Waals surface area (Å²) in [7, 11) is -3.00. The molecule has 1 aliphatic rings. The molecular formula is C12H15ClO5S. The average Bonchev–Trinajstić information content (AvgIpc) is 2.75. The van der Waals surface area contributed by atoms with Crippen molar-refractivity contribution in [1.29, 1.82) is 0 Å². The monoisotopic (exact) mass is 306 g/mol. The van der Waals surface area contributed by atoms with Crippen molar-refractivity contribution in [2.45, 2.75) is 18.9 Å². The van der Waals surface area contributed by atoms with Crippen LogP contribution in [0.5, 0.6) is 11.5 Å². The lowest BCUT2D eigenvalue weighted by Gasteiger charge is -2.12. The molecule has 5 nitrogen and oxygen atoms in total. The van der Waals surface area contributed by atoms with Crippen molar-refractivity contribution in [1.82, 2.24) is 0 Å². The van der Waals surface area contributed by atoms with Gasteiger partial charge in [-0.3, -0.25) is 0 Å². The number of sulfone groups is 1. The van der Waals surface area contributed by atoms with Gasteiger partial charge < -0.3 is 14.6 Å². The minimum absolute atomic E-state index is 0.0579. The molecule has 0 saturated heterocycles. The SMILES string of the molecule is CS(=O)(=O)CCCC(O)c1cc(Cl)c2c(c1)OCO2. The summed E-state index contributed by atoms with van der Waals surface area (Å²) in [6.45, 7) is 0.114. The lowest BCUT2D eigenvalue weighted by Crippen LogP contribution is -2.05. The Bertz CT molecular complexity index is 570. The molecule has 1 aromatic carbocycles. The van der Waals surface area contributed by atoms with Gasteiger partial charge in [-0.05, 0) is 30.5 Å². The molecular weight excluding hydrogens is 292 g/mol. The Morgan fingerprint density at radius 3 is 2.84 bits per heavy atom. The van der Waals surface area contributed by atoms with Gasteiger partial charge in [0.05, 0.1) is 11.1 Å². The normalized spacial score (nSPS) is 15.5. The molecule has 0 aliphatic carbocycles. The van der Waals surface area contributed by atoms with Crippen LogP contribution < -0.4 is 9.47 Å². The summed E-state index contributed by atoms with van der Waals surface area (Å²) in [5.74, 6) is 1.04. The number of fused-ring (bicyclic) bond motifs is 1. The second kappa shape index (κ2) is 5.56. The van der Waals surface area contributed by atoms with E-state index in [-0.39, 0.29) is 12.5 Å². The fourth-order valence-electron chi connectivity index (χ4n) is 1.89. The molecule has 0 fully saturated rings. The smallest absolute Gasteiger partial charge is 0.231 e. The molecule has 7 heteroatoms. The van der Waals surface area contributed by atoms with E-state index in [0.717, 1.165) is 0 Å². The van der Waals surface area contributed by atoms with E-state index in [1.807, 2.05) is 0 Å².